The summed E-state index contributed by atoms with van der Waals surface area (Å²) in [5.41, 5.74) is -2.20. The molecule has 1 fully saturated rings. The normalized spacial score (nSPS) is 27.5. The van der Waals surface area contributed by atoms with Gasteiger partial charge in [-0.2, -0.15) is 23.3 Å². The monoisotopic (exact) mass is 434 g/mol. The number of amides is 1. The Morgan fingerprint density at radius 3 is 2.79 bits per heavy atom. The zero-order valence-corrected chi connectivity index (χ0v) is 16.9. The Bertz CT molecular complexity index is 774. The van der Waals surface area contributed by atoms with Gasteiger partial charge >= 0.3 is 6.18 Å². The van der Waals surface area contributed by atoms with E-state index < -0.39 is 23.7 Å². The number of aliphatic hydroxyl groups is 1. The first kappa shape index (κ1) is 21.5. The second-order valence-electron chi connectivity index (χ2n) is 7.21. The average Bonchev–Trinajstić information content (AvgIpc) is 2.96. The van der Waals surface area contributed by atoms with Gasteiger partial charge in [-0.25, -0.2) is 0 Å². The van der Waals surface area contributed by atoms with Crippen LogP contribution in [0.1, 0.15) is 38.2 Å². The van der Waals surface area contributed by atoms with Gasteiger partial charge in [0.05, 0.1) is 11.7 Å². The summed E-state index contributed by atoms with van der Waals surface area (Å²) in [6.07, 6.45) is -2.97. The Labute approximate surface area is 171 Å². The van der Waals surface area contributed by atoms with Crippen LogP contribution in [0.15, 0.2) is 29.4 Å². The molecule has 154 valence electrons. The van der Waals surface area contributed by atoms with E-state index in [-0.39, 0.29) is 28.8 Å². The molecule has 1 saturated carbocycles. The molecule has 1 aliphatic carbocycles. The molecule has 3 rings (SSSR count). The summed E-state index contributed by atoms with van der Waals surface area (Å²) in [4.78, 5) is 12.6. The minimum atomic E-state index is -4.98. The molecule has 1 heterocycles. The number of thioether (sulfide) groups is 1. The summed E-state index contributed by atoms with van der Waals surface area (Å²) >= 11 is 7.20. The van der Waals surface area contributed by atoms with Gasteiger partial charge in [0, 0.05) is 16.5 Å². The maximum absolute atomic E-state index is 13.9. The third kappa shape index (κ3) is 3.91. The van der Waals surface area contributed by atoms with Crippen molar-refractivity contribution >= 4 is 35.0 Å². The second kappa shape index (κ2) is 8.24. The molecule has 1 N–H and O–H groups in total. The van der Waals surface area contributed by atoms with Crippen molar-refractivity contribution in [2.75, 3.05) is 5.75 Å². The molecular weight excluding hydrogens is 413 g/mol. The standard InChI is InChI=1S/C19H22ClF3N2O2S/c1-2-12-7-8-16-14(9-12)18(27,19(21,22)23)25(24-16)17(26)11-28-10-13-5-3-4-6-15(13)20/h3-6,12,14,27H,2,7-11H2,1H3/t12-,14+,18+/m1/s1. The summed E-state index contributed by atoms with van der Waals surface area (Å²) in [5.74, 6) is -1.82. The molecule has 1 aromatic rings. The summed E-state index contributed by atoms with van der Waals surface area (Å²) in [6, 6.07) is 7.08. The first-order chi connectivity index (χ1) is 13.2. The largest absolute Gasteiger partial charge is 0.439 e. The van der Waals surface area contributed by atoms with Crippen LogP contribution in [-0.2, 0) is 10.5 Å². The van der Waals surface area contributed by atoms with Gasteiger partial charge in [-0.1, -0.05) is 43.1 Å². The van der Waals surface area contributed by atoms with E-state index in [2.05, 4.69) is 5.10 Å². The maximum Gasteiger partial charge on any atom is 0.439 e. The van der Waals surface area contributed by atoms with E-state index in [1.165, 1.54) is 0 Å². The molecule has 9 heteroatoms. The molecular formula is C19H22ClF3N2O2S. The maximum atomic E-state index is 13.9. The van der Waals surface area contributed by atoms with Gasteiger partial charge in [0.25, 0.3) is 11.6 Å². The predicted molar refractivity (Wildman–Crippen MR) is 104 cm³/mol. The molecule has 4 nitrogen and oxygen atoms in total. The third-order valence-electron chi connectivity index (χ3n) is 5.49. The first-order valence-corrected chi connectivity index (χ1v) is 10.7. The van der Waals surface area contributed by atoms with Gasteiger partial charge in [0.15, 0.2) is 0 Å². The lowest BCUT2D eigenvalue weighted by molar-refractivity contribution is -0.317. The van der Waals surface area contributed by atoms with E-state index in [1.807, 2.05) is 6.92 Å². The fraction of sp³-hybridized carbons (Fsp3) is 0.579. The van der Waals surface area contributed by atoms with Crippen molar-refractivity contribution < 1.29 is 23.1 Å². The van der Waals surface area contributed by atoms with E-state index >= 15 is 0 Å². The Hall–Kier alpha value is -1.25. The number of rotatable bonds is 5. The van der Waals surface area contributed by atoms with Crippen LogP contribution in [0.5, 0.6) is 0 Å². The lowest BCUT2D eigenvalue weighted by Crippen LogP contribution is -2.62. The Kier molecular flexibility index (Phi) is 6.32. The van der Waals surface area contributed by atoms with E-state index in [1.54, 1.807) is 24.3 Å². The molecule has 0 saturated heterocycles. The summed E-state index contributed by atoms with van der Waals surface area (Å²) < 4.78 is 41.6. The number of benzene rings is 1. The molecule has 0 unspecified atom stereocenters. The van der Waals surface area contributed by atoms with Crippen LogP contribution in [-0.4, -0.2) is 39.4 Å². The van der Waals surface area contributed by atoms with Crippen LogP contribution in [0.4, 0.5) is 13.2 Å². The van der Waals surface area contributed by atoms with Crippen LogP contribution < -0.4 is 0 Å². The highest BCUT2D eigenvalue weighted by Gasteiger charge is 2.68. The van der Waals surface area contributed by atoms with Gasteiger partial charge in [-0.15, -0.1) is 11.8 Å². The number of hydrogen-bond donors (Lipinski definition) is 1. The van der Waals surface area contributed by atoms with Crippen molar-refractivity contribution in [1.82, 2.24) is 5.01 Å². The molecule has 28 heavy (non-hydrogen) atoms. The Balaban J connectivity index is 1.74. The molecule has 1 amide bonds. The van der Waals surface area contributed by atoms with Gasteiger partial charge in [-0.05, 0) is 36.8 Å². The lowest BCUT2D eigenvalue weighted by atomic mass is 9.74. The number of alkyl halides is 3. The molecule has 0 aromatic heterocycles. The second-order valence-corrected chi connectivity index (χ2v) is 8.60. The molecule has 3 atom stereocenters. The van der Waals surface area contributed by atoms with Crippen molar-refractivity contribution in [1.29, 1.82) is 0 Å². The van der Waals surface area contributed by atoms with Crippen molar-refractivity contribution in [2.24, 2.45) is 16.9 Å². The van der Waals surface area contributed by atoms with Crippen LogP contribution in [0, 0.1) is 11.8 Å². The van der Waals surface area contributed by atoms with Crippen molar-refractivity contribution in [3.8, 4) is 0 Å². The third-order valence-corrected chi connectivity index (χ3v) is 6.82. The molecule has 0 bridgehead atoms. The number of hydrazone groups is 1. The highest BCUT2D eigenvalue weighted by atomic mass is 35.5. The summed E-state index contributed by atoms with van der Waals surface area (Å²) in [5, 5.41) is 15.4. The predicted octanol–water partition coefficient (Wildman–Crippen LogP) is 4.85. The van der Waals surface area contributed by atoms with Crippen molar-refractivity contribution in [3.05, 3.63) is 34.9 Å². The topological polar surface area (TPSA) is 52.9 Å². The van der Waals surface area contributed by atoms with Crippen LogP contribution in [0.2, 0.25) is 5.02 Å². The lowest BCUT2D eigenvalue weighted by Gasteiger charge is -2.39. The number of carbonyl (C=O) groups excluding carboxylic acids is 1. The van der Waals surface area contributed by atoms with Gasteiger partial charge in [0.2, 0.25) is 0 Å². The number of nitrogens with zero attached hydrogens (tertiary/aromatic N) is 2. The number of hydrogen-bond acceptors (Lipinski definition) is 4. The highest BCUT2D eigenvalue weighted by Crippen LogP contribution is 2.49. The minimum Gasteiger partial charge on any atom is -0.362 e. The number of carbonyl (C=O) groups is 1. The van der Waals surface area contributed by atoms with Crippen LogP contribution >= 0.6 is 23.4 Å². The number of halogens is 4. The molecule has 0 radical (unpaired) electrons. The smallest absolute Gasteiger partial charge is 0.362 e. The zero-order valence-electron chi connectivity index (χ0n) is 15.4. The Morgan fingerprint density at radius 2 is 2.14 bits per heavy atom. The molecule has 1 aliphatic heterocycles. The first-order valence-electron chi connectivity index (χ1n) is 9.19. The van der Waals surface area contributed by atoms with E-state index in [4.69, 9.17) is 11.6 Å². The number of fused-ring (bicyclic) bond motifs is 1. The van der Waals surface area contributed by atoms with E-state index in [9.17, 15) is 23.1 Å². The SMILES string of the molecule is CC[C@@H]1CCC2=NN(C(=O)CSCc3ccccc3Cl)[C@@](O)(C(F)(F)F)[C@H]2C1. The fourth-order valence-corrected chi connectivity index (χ4v) is 4.99. The fourth-order valence-electron chi connectivity index (χ4n) is 3.84. The van der Waals surface area contributed by atoms with E-state index in [0.29, 0.717) is 17.2 Å². The quantitative estimate of drug-likeness (QED) is 0.720. The van der Waals surface area contributed by atoms with Crippen molar-refractivity contribution in [3.63, 3.8) is 0 Å². The highest BCUT2D eigenvalue weighted by molar-refractivity contribution is 7.99. The molecule has 1 aromatic carbocycles. The Morgan fingerprint density at radius 1 is 1.43 bits per heavy atom. The van der Waals surface area contributed by atoms with Gasteiger partial charge in [0.1, 0.15) is 0 Å². The van der Waals surface area contributed by atoms with Gasteiger partial charge < -0.3 is 5.11 Å². The van der Waals surface area contributed by atoms with Crippen molar-refractivity contribution in [2.45, 2.75) is 50.3 Å². The zero-order chi connectivity index (χ0) is 20.5. The van der Waals surface area contributed by atoms with Gasteiger partial charge in [-0.3, -0.25) is 4.79 Å². The average molecular weight is 435 g/mol. The summed E-state index contributed by atoms with van der Waals surface area (Å²) in [7, 11) is 0. The summed E-state index contributed by atoms with van der Waals surface area (Å²) in [6.45, 7) is 1.92. The minimum absolute atomic E-state index is 0.0856. The van der Waals surface area contributed by atoms with Crippen LogP contribution in [0.3, 0.4) is 0 Å². The molecule has 2 aliphatic rings. The molecule has 0 spiro atoms. The van der Waals surface area contributed by atoms with Crippen LogP contribution in [0.25, 0.3) is 0 Å². The van der Waals surface area contributed by atoms with E-state index in [0.717, 1.165) is 30.2 Å².